The van der Waals surface area contributed by atoms with Gasteiger partial charge < -0.3 is 19.7 Å². The summed E-state index contributed by atoms with van der Waals surface area (Å²) >= 11 is 1.37. The number of carbonyl (C=O) groups is 1. The Bertz CT molecular complexity index is 877. The van der Waals surface area contributed by atoms with E-state index in [9.17, 15) is 9.59 Å². The normalized spacial score (nSPS) is 22.9. The van der Waals surface area contributed by atoms with Gasteiger partial charge in [0, 0.05) is 11.8 Å². The van der Waals surface area contributed by atoms with Crippen molar-refractivity contribution in [2.45, 2.75) is 58.0 Å². The van der Waals surface area contributed by atoms with E-state index in [0.717, 1.165) is 19.3 Å². The zero-order valence-electron chi connectivity index (χ0n) is 16.9. The van der Waals surface area contributed by atoms with Crippen LogP contribution in [0.3, 0.4) is 0 Å². The van der Waals surface area contributed by atoms with Gasteiger partial charge in [0.05, 0.1) is 18.7 Å². The van der Waals surface area contributed by atoms with Crippen LogP contribution >= 0.6 is 11.8 Å². The topological polar surface area (TPSA) is 113 Å². The van der Waals surface area contributed by atoms with Crippen LogP contribution in [0.25, 0.3) is 0 Å². The summed E-state index contributed by atoms with van der Waals surface area (Å²) in [5, 5.41) is 15.6. The first kappa shape index (κ1) is 21.4. The van der Waals surface area contributed by atoms with Crippen LogP contribution < -0.4 is 15.7 Å². The highest BCUT2D eigenvalue weighted by molar-refractivity contribution is 8.16. The Morgan fingerprint density at radius 2 is 2.28 bits per heavy atom. The van der Waals surface area contributed by atoms with E-state index in [1.807, 2.05) is 6.92 Å². The van der Waals surface area contributed by atoms with E-state index < -0.39 is 17.2 Å². The molecule has 0 saturated heterocycles. The van der Waals surface area contributed by atoms with Gasteiger partial charge in [-0.2, -0.15) is 0 Å². The minimum absolute atomic E-state index is 0.267. The molecule has 1 aliphatic carbocycles. The van der Waals surface area contributed by atoms with Crippen LogP contribution in [0.4, 0.5) is 0 Å². The van der Waals surface area contributed by atoms with Crippen LogP contribution in [-0.4, -0.2) is 39.8 Å². The molecule has 0 spiro atoms. The van der Waals surface area contributed by atoms with Gasteiger partial charge in [-0.05, 0) is 39.0 Å². The van der Waals surface area contributed by atoms with Gasteiger partial charge in [-0.25, -0.2) is 4.79 Å². The molecule has 1 unspecified atom stereocenters. The van der Waals surface area contributed by atoms with Gasteiger partial charge in [-0.1, -0.05) is 18.5 Å². The number of amides is 1. The standard InChI is InChI=1S/C20H27N3O5S/c1-4-5-15(16-8-14(9-17(24)28-16)27-10-13-6-7-13)21-19(25)20(3)11-29-18(22-20)12(2)23-26/h8-9,13,15,26H,4-7,10-11H2,1-3H3,(H,21,25)/b23-12-/t15-,20?/m1/s1. The molecule has 2 N–H and O–H groups in total. The lowest BCUT2D eigenvalue weighted by molar-refractivity contribution is -0.125. The summed E-state index contributed by atoms with van der Waals surface area (Å²) in [5.74, 6) is 1.58. The molecule has 1 aliphatic heterocycles. The summed E-state index contributed by atoms with van der Waals surface area (Å²) < 4.78 is 11.1. The highest BCUT2D eigenvalue weighted by atomic mass is 32.2. The molecule has 1 fully saturated rings. The van der Waals surface area contributed by atoms with Crippen molar-refractivity contribution in [2.24, 2.45) is 16.1 Å². The van der Waals surface area contributed by atoms with Crippen LogP contribution in [-0.2, 0) is 4.79 Å². The Kier molecular flexibility index (Phi) is 6.66. The van der Waals surface area contributed by atoms with Gasteiger partial charge in [0.1, 0.15) is 27.8 Å². The van der Waals surface area contributed by atoms with Crippen molar-refractivity contribution in [1.82, 2.24) is 5.32 Å². The van der Waals surface area contributed by atoms with Gasteiger partial charge in [0.2, 0.25) is 5.91 Å². The molecule has 1 aromatic rings. The minimum Gasteiger partial charge on any atom is -0.493 e. The second kappa shape index (κ2) is 9.02. The molecule has 8 nitrogen and oxygen atoms in total. The van der Waals surface area contributed by atoms with E-state index in [0.29, 0.717) is 47.0 Å². The first-order chi connectivity index (χ1) is 13.8. The Morgan fingerprint density at radius 1 is 1.52 bits per heavy atom. The molecule has 2 heterocycles. The number of ether oxygens (including phenoxy) is 1. The van der Waals surface area contributed by atoms with Crippen molar-refractivity contribution in [3.05, 3.63) is 28.3 Å². The molecule has 3 rings (SSSR count). The Morgan fingerprint density at radius 3 is 2.93 bits per heavy atom. The molecular weight excluding hydrogens is 394 g/mol. The quantitative estimate of drug-likeness (QED) is 0.360. The SMILES string of the molecule is CCC[C@@H](NC(=O)C1(C)CSC(/C(C)=N\O)=N1)c1cc(OCC2CC2)cc(=O)o1. The fourth-order valence-electron chi connectivity index (χ4n) is 2.96. The molecular formula is C20H27N3O5S. The highest BCUT2D eigenvalue weighted by Crippen LogP contribution is 2.31. The summed E-state index contributed by atoms with van der Waals surface area (Å²) in [4.78, 5) is 29.5. The molecule has 0 aromatic carbocycles. The van der Waals surface area contributed by atoms with Gasteiger partial charge >= 0.3 is 5.63 Å². The van der Waals surface area contributed by atoms with Gasteiger partial charge in [-0.3, -0.25) is 9.79 Å². The van der Waals surface area contributed by atoms with Crippen molar-refractivity contribution in [2.75, 3.05) is 12.4 Å². The lowest BCUT2D eigenvalue weighted by Gasteiger charge is -2.24. The largest absolute Gasteiger partial charge is 0.493 e. The lowest BCUT2D eigenvalue weighted by Crippen LogP contribution is -2.45. The summed E-state index contributed by atoms with van der Waals surface area (Å²) in [5.41, 5.74) is -1.11. The second-order valence-corrected chi connectivity index (χ2v) is 8.71. The number of thioether (sulfide) groups is 1. The van der Waals surface area contributed by atoms with Crippen molar-refractivity contribution in [3.63, 3.8) is 0 Å². The Labute approximate surface area is 173 Å². The molecule has 1 amide bonds. The van der Waals surface area contributed by atoms with Gasteiger partial charge in [-0.15, -0.1) is 11.8 Å². The third-order valence-corrected chi connectivity index (χ3v) is 6.33. The van der Waals surface area contributed by atoms with E-state index in [2.05, 4.69) is 15.5 Å². The van der Waals surface area contributed by atoms with Crippen LogP contribution in [0.15, 0.2) is 31.5 Å². The third-order valence-electron chi connectivity index (χ3n) is 4.96. The first-order valence-corrected chi connectivity index (χ1v) is 10.8. The van der Waals surface area contributed by atoms with E-state index in [1.165, 1.54) is 17.8 Å². The maximum absolute atomic E-state index is 13.0. The number of oxime groups is 1. The van der Waals surface area contributed by atoms with E-state index in [-0.39, 0.29) is 5.91 Å². The Balaban J connectivity index is 1.77. The van der Waals surface area contributed by atoms with E-state index in [1.54, 1.807) is 19.9 Å². The molecule has 1 saturated carbocycles. The summed E-state index contributed by atoms with van der Waals surface area (Å²) in [6.45, 7) is 5.96. The zero-order valence-corrected chi connectivity index (χ0v) is 17.8. The number of nitrogens with zero attached hydrogens (tertiary/aromatic N) is 2. The van der Waals surface area contributed by atoms with Crippen LogP contribution in [0.1, 0.15) is 58.3 Å². The van der Waals surface area contributed by atoms with Crippen LogP contribution in [0, 0.1) is 5.92 Å². The number of carbonyl (C=O) groups excluding carboxylic acids is 1. The monoisotopic (exact) mass is 421 g/mol. The first-order valence-electron chi connectivity index (χ1n) is 9.85. The molecule has 1 aromatic heterocycles. The average molecular weight is 422 g/mol. The zero-order chi connectivity index (χ0) is 21.0. The molecule has 158 valence electrons. The predicted molar refractivity (Wildman–Crippen MR) is 112 cm³/mol. The fraction of sp³-hybridized carbons (Fsp3) is 0.600. The summed E-state index contributed by atoms with van der Waals surface area (Å²) in [6, 6.07) is 2.56. The summed E-state index contributed by atoms with van der Waals surface area (Å²) in [7, 11) is 0. The molecule has 2 atom stereocenters. The maximum atomic E-state index is 13.0. The average Bonchev–Trinajstić information content (AvgIpc) is 3.44. The second-order valence-electron chi connectivity index (χ2n) is 7.75. The Hall–Kier alpha value is -2.29. The number of nitrogens with one attached hydrogen (secondary N) is 1. The smallest absolute Gasteiger partial charge is 0.339 e. The van der Waals surface area contributed by atoms with Crippen LogP contribution in [0.2, 0.25) is 0 Å². The van der Waals surface area contributed by atoms with E-state index in [4.69, 9.17) is 14.4 Å². The molecule has 2 aliphatic rings. The maximum Gasteiger partial charge on any atom is 0.339 e. The van der Waals surface area contributed by atoms with Gasteiger partial charge in [0.25, 0.3) is 0 Å². The number of aliphatic imine (C=N–C) groups is 1. The van der Waals surface area contributed by atoms with E-state index >= 15 is 0 Å². The molecule has 0 bridgehead atoms. The summed E-state index contributed by atoms with van der Waals surface area (Å²) in [6.07, 6.45) is 3.71. The number of rotatable bonds is 9. The van der Waals surface area contributed by atoms with Crippen molar-refractivity contribution < 1.29 is 19.2 Å². The van der Waals surface area contributed by atoms with Gasteiger partial charge in [0.15, 0.2) is 0 Å². The highest BCUT2D eigenvalue weighted by Gasteiger charge is 2.40. The number of hydrogen-bond acceptors (Lipinski definition) is 8. The fourth-order valence-corrected chi connectivity index (χ4v) is 4.09. The van der Waals surface area contributed by atoms with Crippen LogP contribution in [0.5, 0.6) is 5.75 Å². The predicted octanol–water partition coefficient (Wildman–Crippen LogP) is 3.14. The van der Waals surface area contributed by atoms with Crippen molar-refractivity contribution in [3.8, 4) is 5.75 Å². The van der Waals surface area contributed by atoms with Crippen molar-refractivity contribution in [1.29, 1.82) is 0 Å². The molecule has 29 heavy (non-hydrogen) atoms. The molecule has 9 heteroatoms. The van der Waals surface area contributed by atoms with Crippen molar-refractivity contribution >= 4 is 28.4 Å². The lowest BCUT2D eigenvalue weighted by atomic mass is 10.0. The third kappa shape index (κ3) is 5.41. The minimum atomic E-state index is -0.988. The number of hydrogen-bond donors (Lipinski definition) is 2. The molecule has 0 radical (unpaired) electrons.